The van der Waals surface area contributed by atoms with E-state index >= 15 is 0 Å². The highest BCUT2D eigenvalue weighted by Gasteiger charge is 2.09. The Morgan fingerprint density at radius 3 is 2.42 bits per heavy atom. The molecule has 0 aliphatic heterocycles. The molecule has 0 saturated heterocycles. The van der Waals surface area contributed by atoms with Crippen molar-refractivity contribution in [1.29, 1.82) is 0 Å². The van der Waals surface area contributed by atoms with Crippen molar-refractivity contribution in [3.63, 3.8) is 0 Å². The first-order valence-electron chi connectivity index (χ1n) is 6.29. The van der Waals surface area contributed by atoms with Gasteiger partial charge in [-0.25, -0.2) is 0 Å². The quantitative estimate of drug-likeness (QED) is 0.848. The molecule has 4 nitrogen and oxygen atoms in total. The van der Waals surface area contributed by atoms with Crippen molar-refractivity contribution in [3.05, 3.63) is 41.5 Å². The van der Waals surface area contributed by atoms with Crippen LogP contribution in [0.4, 0.5) is 0 Å². The van der Waals surface area contributed by atoms with Crippen molar-refractivity contribution in [1.82, 2.24) is 10.1 Å². The fourth-order valence-corrected chi connectivity index (χ4v) is 2.28. The Bertz CT molecular complexity index is 520. The molecule has 1 aromatic heterocycles. The third-order valence-corrected chi connectivity index (χ3v) is 3.72. The van der Waals surface area contributed by atoms with E-state index in [1.807, 2.05) is 38.1 Å². The van der Waals surface area contributed by atoms with Crippen LogP contribution in [0.2, 0.25) is 0 Å². The first-order chi connectivity index (χ1) is 9.06. The zero-order valence-electron chi connectivity index (χ0n) is 11.3. The van der Waals surface area contributed by atoms with Gasteiger partial charge in [-0.2, -0.15) is 4.98 Å². The molecule has 0 radical (unpaired) electrons. The predicted octanol–water partition coefficient (Wildman–Crippen LogP) is 3.54. The Kier molecular flexibility index (Phi) is 4.61. The van der Waals surface area contributed by atoms with Gasteiger partial charge in [0.2, 0.25) is 5.89 Å². The zero-order chi connectivity index (χ0) is 13.8. The molecule has 102 valence electrons. The van der Waals surface area contributed by atoms with Gasteiger partial charge in [0.25, 0.3) is 0 Å². The van der Waals surface area contributed by atoms with E-state index in [0.29, 0.717) is 11.6 Å². The normalized spacial score (nSPS) is 12.9. The SMILES string of the molecule is CC(C)c1noc(CSc2ccc(C(C)O)cc2)n1. The van der Waals surface area contributed by atoms with E-state index in [2.05, 4.69) is 10.1 Å². The minimum atomic E-state index is -0.427. The van der Waals surface area contributed by atoms with Crippen LogP contribution >= 0.6 is 11.8 Å². The van der Waals surface area contributed by atoms with E-state index in [1.54, 1.807) is 18.7 Å². The number of rotatable bonds is 5. The molecule has 0 amide bonds. The molecule has 0 fully saturated rings. The van der Waals surface area contributed by atoms with Crippen LogP contribution in [0.15, 0.2) is 33.7 Å². The van der Waals surface area contributed by atoms with Crippen molar-refractivity contribution >= 4 is 11.8 Å². The lowest BCUT2D eigenvalue weighted by Crippen LogP contribution is -1.90. The number of nitrogens with zero attached hydrogens (tertiary/aromatic N) is 2. The summed E-state index contributed by atoms with van der Waals surface area (Å²) in [6.07, 6.45) is -0.427. The predicted molar refractivity (Wildman–Crippen MR) is 75.0 cm³/mol. The highest BCUT2D eigenvalue weighted by Crippen LogP contribution is 2.24. The maximum Gasteiger partial charge on any atom is 0.237 e. The summed E-state index contributed by atoms with van der Waals surface area (Å²) in [7, 11) is 0. The molecule has 1 unspecified atom stereocenters. The second-order valence-electron chi connectivity index (χ2n) is 4.73. The van der Waals surface area contributed by atoms with Gasteiger partial charge in [0.05, 0.1) is 11.9 Å². The first-order valence-corrected chi connectivity index (χ1v) is 7.28. The molecule has 1 N–H and O–H groups in total. The summed E-state index contributed by atoms with van der Waals surface area (Å²) < 4.78 is 5.19. The van der Waals surface area contributed by atoms with Gasteiger partial charge in [-0.05, 0) is 24.6 Å². The molecule has 1 heterocycles. The van der Waals surface area contributed by atoms with Gasteiger partial charge >= 0.3 is 0 Å². The lowest BCUT2D eigenvalue weighted by Gasteiger charge is -2.05. The Morgan fingerprint density at radius 1 is 1.21 bits per heavy atom. The lowest BCUT2D eigenvalue weighted by atomic mass is 10.1. The van der Waals surface area contributed by atoms with Gasteiger partial charge < -0.3 is 9.63 Å². The number of hydrogen-bond donors (Lipinski definition) is 1. The van der Waals surface area contributed by atoms with E-state index in [0.717, 1.165) is 16.3 Å². The van der Waals surface area contributed by atoms with E-state index in [4.69, 9.17) is 4.52 Å². The van der Waals surface area contributed by atoms with Gasteiger partial charge in [-0.3, -0.25) is 0 Å². The molecule has 1 aromatic carbocycles. The number of aliphatic hydroxyl groups excluding tert-OH is 1. The summed E-state index contributed by atoms with van der Waals surface area (Å²) in [6.45, 7) is 5.83. The van der Waals surface area contributed by atoms with Crippen molar-refractivity contribution < 1.29 is 9.63 Å². The van der Waals surface area contributed by atoms with E-state index in [-0.39, 0.29) is 5.92 Å². The highest BCUT2D eigenvalue weighted by atomic mass is 32.2. The van der Waals surface area contributed by atoms with E-state index in [9.17, 15) is 5.11 Å². The molecular formula is C14H18N2O2S. The molecule has 0 bridgehead atoms. The summed E-state index contributed by atoms with van der Waals surface area (Å²) in [5.41, 5.74) is 0.921. The van der Waals surface area contributed by atoms with Crippen LogP contribution in [0, 0.1) is 0 Å². The van der Waals surface area contributed by atoms with Crippen LogP contribution in [-0.4, -0.2) is 15.2 Å². The fraction of sp³-hybridized carbons (Fsp3) is 0.429. The highest BCUT2D eigenvalue weighted by molar-refractivity contribution is 7.98. The second-order valence-corrected chi connectivity index (χ2v) is 5.78. The summed E-state index contributed by atoms with van der Waals surface area (Å²) in [4.78, 5) is 5.45. The third kappa shape index (κ3) is 3.81. The Hall–Kier alpha value is -1.33. The molecule has 0 aliphatic rings. The zero-order valence-corrected chi connectivity index (χ0v) is 12.1. The first kappa shape index (κ1) is 14.1. The minimum Gasteiger partial charge on any atom is -0.389 e. The molecule has 0 saturated carbocycles. The maximum atomic E-state index is 9.44. The number of benzene rings is 1. The number of hydrogen-bond acceptors (Lipinski definition) is 5. The van der Waals surface area contributed by atoms with E-state index < -0.39 is 6.10 Å². The van der Waals surface area contributed by atoms with Crippen LogP contribution < -0.4 is 0 Å². The van der Waals surface area contributed by atoms with Gasteiger partial charge in [0.15, 0.2) is 5.82 Å². The van der Waals surface area contributed by atoms with Crippen LogP contribution in [0.1, 0.15) is 50.1 Å². The number of aliphatic hydroxyl groups is 1. The average Bonchev–Trinajstić information content (AvgIpc) is 2.86. The molecule has 2 rings (SSSR count). The smallest absolute Gasteiger partial charge is 0.237 e. The molecular weight excluding hydrogens is 260 g/mol. The van der Waals surface area contributed by atoms with Crippen molar-refractivity contribution in [2.75, 3.05) is 0 Å². The van der Waals surface area contributed by atoms with Crippen molar-refractivity contribution in [3.8, 4) is 0 Å². The summed E-state index contributed by atoms with van der Waals surface area (Å²) in [6, 6.07) is 7.85. The summed E-state index contributed by atoms with van der Waals surface area (Å²) >= 11 is 1.64. The molecule has 0 aliphatic carbocycles. The second kappa shape index (κ2) is 6.21. The fourth-order valence-electron chi connectivity index (χ4n) is 1.55. The maximum absolute atomic E-state index is 9.44. The standard InChI is InChI=1S/C14H18N2O2S/c1-9(2)14-15-13(18-16-14)8-19-12-6-4-11(5-7-12)10(3)17/h4-7,9-10,17H,8H2,1-3H3. The van der Waals surface area contributed by atoms with Crippen LogP contribution in [-0.2, 0) is 5.75 Å². The van der Waals surface area contributed by atoms with E-state index in [1.165, 1.54) is 0 Å². The summed E-state index contributed by atoms with van der Waals surface area (Å²) in [5.74, 6) is 2.34. The largest absolute Gasteiger partial charge is 0.389 e. The van der Waals surface area contributed by atoms with Crippen LogP contribution in [0.25, 0.3) is 0 Å². The van der Waals surface area contributed by atoms with Gasteiger partial charge in [0, 0.05) is 10.8 Å². The number of aromatic nitrogens is 2. The molecule has 0 spiro atoms. The third-order valence-electron chi connectivity index (χ3n) is 2.73. The van der Waals surface area contributed by atoms with Crippen molar-refractivity contribution in [2.24, 2.45) is 0 Å². The van der Waals surface area contributed by atoms with Crippen LogP contribution in [0.3, 0.4) is 0 Å². The topological polar surface area (TPSA) is 59.2 Å². The van der Waals surface area contributed by atoms with Gasteiger partial charge in [0.1, 0.15) is 0 Å². The van der Waals surface area contributed by atoms with Gasteiger partial charge in [-0.15, -0.1) is 11.8 Å². The Morgan fingerprint density at radius 2 is 1.89 bits per heavy atom. The van der Waals surface area contributed by atoms with Crippen LogP contribution in [0.5, 0.6) is 0 Å². The van der Waals surface area contributed by atoms with Gasteiger partial charge in [-0.1, -0.05) is 31.1 Å². The van der Waals surface area contributed by atoms with Crippen molar-refractivity contribution in [2.45, 2.75) is 43.4 Å². The number of thioether (sulfide) groups is 1. The molecule has 19 heavy (non-hydrogen) atoms. The Labute approximate surface area is 117 Å². The Balaban J connectivity index is 1.94. The molecule has 2 aromatic rings. The average molecular weight is 278 g/mol. The molecule has 1 atom stereocenters. The summed E-state index contributed by atoms with van der Waals surface area (Å²) in [5, 5.41) is 13.4. The molecule has 5 heteroatoms. The lowest BCUT2D eigenvalue weighted by molar-refractivity contribution is 0.199. The monoisotopic (exact) mass is 278 g/mol. The minimum absolute atomic E-state index is 0.285.